The molecule has 1 amide bonds. The SMILES string of the molecule is COc1ccc(N(CCCC(=O)Nc2ccccc2OC(C)C)S(C)(=O)=O)cc1. The number of rotatable bonds is 10. The number of nitrogens with zero attached hydrogens (tertiary/aromatic N) is 1. The van der Waals surface area contributed by atoms with Crippen molar-refractivity contribution in [1.82, 2.24) is 0 Å². The molecule has 0 fully saturated rings. The van der Waals surface area contributed by atoms with Gasteiger partial charge in [0, 0.05) is 13.0 Å². The molecular formula is C21H28N2O5S. The number of nitrogens with one attached hydrogen (secondary N) is 1. The minimum atomic E-state index is -3.47. The highest BCUT2D eigenvalue weighted by atomic mass is 32.2. The Balaban J connectivity index is 1.98. The van der Waals surface area contributed by atoms with Gasteiger partial charge in [0.15, 0.2) is 0 Å². The monoisotopic (exact) mass is 420 g/mol. The summed E-state index contributed by atoms with van der Waals surface area (Å²) in [6.07, 6.45) is 1.69. The van der Waals surface area contributed by atoms with Crippen LogP contribution in [0.4, 0.5) is 11.4 Å². The number of benzene rings is 2. The van der Waals surface area contributed by atoms with E-state index >= 15 is 0 Å². The smallest absolute Gasteiger partial charge is 0.232 e. The van der Waals surface area contributed by atoms with Gasteiger partial charge in [0.1, 0.15) is 11.5 Å². The van der Waals surface area contributed by atoms with Crippen LogP contribution < -0.4 is 19.1 Å². The van der Waals surface area contributed by atoms with Crippen LogP contribution in [0.2, 0.25) is 0 Å². The van der Waals surface area contributed by atoms with Gasteiger partial charge in [0.25, 0.3) is 0 Å². The molecule has 0 saturated carbocycles. The Morgan fingerprint density at radius 3 is 2.34 bits per heavy atom. The first-order valence-corrected chi connectivity index (χ1v) is 11.2. The predicted molar refractivity (Wildman–Crippen MR) is 115 cm³/mol. The predicted octanol–water partition coefficient (Wildman–Crippen LogP) is 3.67. The van der Waals surface area contributed by atoms with Crippen molar-refractivity contribution in [2.45, 2.75) is 32.8 Å². The van der Waals surface area contributed by atoms with Crippen LogP contribution >= 0.6 is 0 Å². The second-order valence-electron chi connectivity index (χ2n) is 6.85. The molecule has 0 aliphatic carbocycles. The van der Waals surface area contributed by atoms with Crippen molar-refractivity contribution in [1.29, 1.82) is 0 Å². The molecule has 0 aliphatic heterocycles. The number of carbonyl (C=O) groups is 1. The number of amides is 1. The van der Waals surface area contributed by atoms with Crippen molar-refractivity contribution in [3.63, 3.8) is 0 Å². The summed E-state index contributed by atoms with van der Waals surface area (Å²) in [7, 11) is -1.93. The first-order chi connectivity index (χ1) is 13.7. The van der Waals surface area contributed by atoms with E-state index in [-0.39, 0.29) is 25.0 Å². The molecule has 0 atom stereocenters. The van der Waals surface area contributed by atoms with Gasteiger partial charge in [-0.15, -0.1) is 0 Å². The van der Waals surface area contributed by atoms with Gasteiger partial charge in [0.2, 0.25) is 15.9 Å². The normalized spacial score (nSPS) is 11.2. The highest BCUT2D eigenvalue weighted by molar-refractivity contribution is 7.92. The quantitative estimate of drug-likeness (QED) is 0.634. The van der Waals surface area contributed by atoms with E-state index in [1.54, 1.807) is 43.5 Å². The Bertz CT molecular complexity index is 911. The first kappa shape index (κ1) is 22.5. The topological polar surface area (TPSA) is 84.9 Å². The summed E-state index contributed by atoms with van der Waals surface area (Å²) in [6.45, 7) is 4.03. The van der Waals surface area contributed by atoms with Gasteiger partial charge in [0.05, 0.1) is 30.8 Å². The lowest BCUT2D eigenvalue weighted by atomic mass is 10.2. The van der Waals surface area contributed by atoms with E-state index in [1.807, 2.05) is 26.0 Å². The van der Waals surface area contributed by atoms with Crippen molar-refractivity contribution in [3.05, 3.63) is 48.5 Å². The Labute approximate surface area is 172 Å². The van der Waals surface area contributed by atoms with E-state index < -0.39 is 10.0 Å². The molecule has 2 aromatic rings. The highest BCUT2D eigenvalue weighted by Crippen LogP contribution is 2.25. The van der Waals surface area contributed by atoms with E-state index in [0.29, 0.717) is 29.3 Å². The summed E-state index contributed by atoms with van der Waals surface area (Å²) < 4.78 is 36.4. The average Bonchev–Trinajstić information content (AvgIpc) is 2.65. The summed E-state index contributed by atoms with van der Waals surface area (Å²) in [4.78, 5) is 12.4. The molecule has 0 aliphatic rings. The molecule has 158 valence electrons. The van der Waals surface area contributed by atoms with Crippen LogP contribution in [0.15, 0.2) is 48.5 Å². The van der Waals surface area contributed by atoms with E-state index in [2.05, 4.69) is 5.32 Å². The van der Waals surface area contributed by atoms with Gasteiger partial charge in [-0.3, -0.25) is 9.10 Å². The fourth-order valence-corrected chi connectivity index (χ4v) is 3.72. The molecule has 29 heavy (non-hydrogen) atoms. The Kier molecular flexibility index (Phi) is 7.90. The number of carbonyl (C=O) groups excluding carboxylic acids is 1. The number of methoxy groups -OCH3 is 1. The third-order valence-corrected chi connectivity index (χ3v) is 5.24. The molecule has 2 aromatic carbocycles. The molecular weight excluding hydrogens is 392 g/mol. The van der Waals surface area contributed by atoms with E-state index in [1.165, 1.54) is 4.31 Å². The minimum Gasteiger partial charge on any atom is -0.497 e. The Morgan fingerprint density at radius 1 is 1.10 bits per heavy atom. The Hall–Kier alpha value is -2.74. The van der Waals surface area contributed by atoms with Gasteiger partial charge in [-0.1, -0.05) is 12.1 Å². The lowest BCUT2D eigenvalue weighted by Crippen LogP contribution is -2.31. The molecule has 0 unspecified atom stereocenters. The van der Waals surface area contributed by atoms with Crippen LogP contribution in [0.3, 0.4) is 0 Å². The highest BCUT2D eigenvalue weighted by Gasteiger charge is 2.18. The van der Waals surface area contributed by atoms with Gasteiger partial charge in [-0.25, -0.2) is 8.42 Å². The van der Waals surface area contributed by atoms with Crippen LogP contribution in [0.5, 0.6) is 11.5 Å². The third-order valence-electron chi connectivity index (χ3n) is 4.05. The maximum absolute atomic E-state index is 12.4. The second kappa shape index (κ2) is 10.2. The van der Waals surface area contributed by atoms with Crippen molar-refractivity contribution < 1.29 is 22.7 Å². The van der Waals surface area contributed by atoms with Crippen molar-refractivity contribution in [3.8, 4) is 11.5 Å². The maximum Gasteiger partial charge on any atom is 0.232 e. The molecule has 0 aromatic heterocycles. The van der Waals surface area contributed by atoms with E-state index in [9.17, 15) is 13.2 Å². The Morgan fingerprint density at radius 2 is 1.76 bits per heavy atom. The minimum absolute atomic E-state index is 0.0131. The van der Waals surface area contributed by atoms with Gasteiger partial charge in [-0.05, 0) is 56.7 Å². The number of hydrogen-bond donors (Lipinski definition) is 1. The fourth-order valence-electron chi connectivity index (χ4n) is 2.76. The number of ether oxygens (including phenoxy) is 2. The summed E-state index contributed by atoms with van der Waals surface area (Å²) >= 11 is 0. The maximum atomic E-state index is 12.4. The standard InChI is InChI=1S/C21H28N2O5S/c1-16(2)28-20-9-6-5-8-19(20)22-21(24)10-7-15-23(29(4,25)26)17-11-13-18(27-3)14-12-17/h5-6,8-9,11-14,16H,7,10,15H2,1-4H3,(H,22,24). The summed E-state index contributed by atoms with van der Waals surface area (Å²) in [5, 5.41) is 2.83. The average molecular weight is 421 g/mol. The number of sulfonamides is 1. The molecule has 0 radical (unpaired) electrons. The molecule has 1 N–H and O–H groups in total. The molecule has 0 saturated heterocycles. The number of anilines is 2. The molecule has 0 bridgehead atoms. The molecule has 2 rings (SSSR count). The summed E-state index contributed by atoms with van der Waals surface area (Å²) in [5.41, 5.74) is 1.13. The molecule has 7 nitrogen and oxygen atoms in total. The van der Waals surface area contributed by atoms with Crippen molar-refractivity contribution in [2.75, 3.05) is 29.5 Å². The first-order valence-electron chi connectivity index (χ1n) is 9.38. The number of hydrogen-bond acceptors (Lipinski definition) is 5. The zero-order chi connectivity index (χ0) is 21.4. The van der Waals surface area contributed by atoms with Crippen molar-refractivity contribution >= 4 is 27.3 Å². The fraction of sp³-hybridized carbons (Fsp3) is 0.381. The van der Waals surface area contributed by atoms with E-state index in [4.69, 9.17) is 9.47 Å². The second-order valence-corrected chi connectivity index (χ2v) is 8.75. The molecule has 0 heterocycles. The molecule has 8 heteroatoms. The third kappa shape index (κ3) is 6.98. The lowest BCUT2D eigenvalue weighted by molar-refractivity contribution is -0.116. The van der Waals surface area contributed by atoms with Crippen LogP contribution in [-0.4, -0.2) is 40.3 Å². The lowest BCUT2D eigenvalue weighted by Gasteiger charge is -2.22. The van der Waals surface area contributed by atoms with Gasteiger partial charge < -0.3 is 14.8 Å². The number of para-hydroxylation sites is 2. The largest absolute Gasteiger partial charge is 0.497 e. The zero-order valence-electron chi connectivity index (χ0n) is 17.2. The summed E-state index contributed by atoms with van der Waals surface area (Å²) in [6, 6.07) is 14.0. The van der Waals surface area contributed by atoms with Gasteiger partial charge >= 0.3 is 0 Å². The summed E-state index contributed by atoms with van der Waals surface area (Å²) in [5.74, 6) is 1.05. The van der Waals surface area contributed by atoms with Crippen LogP contribution in [-0.2, 0) is 14.8 Å². The van der Waals surface area contributed by atoms with Crippen LogP contribution in [0, 0.1) is 0 Å². The molecule has 0 spiro atoms. The van der Waals surface area contributed by atoms with Crippen LogP contribution in [0.1, 0.15) is 26.7 Å². The van der Waals surface area contributed by atoms with Gasteiger partial charge in [-0.2, -0.15) is 0 Å². The van der Waals surface area contributed by atoms with Crippen molar-refractivity contribution in [2.24, 2.45) is 0 Å². The zero-order valence-corrected chi connectivity index (χ0v) is 18.0. The van der Waals surface area contributed by atoms with Crippen LogP contribution in [0.25, 0.3) is 0 Å². The van der Waals surface area contributed by atoms with E-state index in [0.717, 1.165) is 6.26 Å².